The van der Waals surface area contributed by atoms with E-state index in [4.69, 9.17) is 46.4 Å². The van der Waals surface area contributed by atoms with Crippen molar-refractivity contribution in [3.05, 3.63) is 105 Å². The number of benzene rings is 4. The molecule has 0 N–H and O–H groups in total. The van der Waals surface area contributed by atoms with E-state index in [-0.39, 0.29) is 0 Å². The topological polar surface area (TPSA) is 0 Å². The van der Waals surface area contributed by atoms with Gasteiger partial charge in [-0.3, -0.25) is 0 Å². The van der Waals surface area contributed by atoms with Crippen molar-refractivity contribution in [3.8, 4) is 22.3 Å². The van der Waals surface area contributed by atoms with Gasteiger partial charge in [0.25, 0.3) is 0 Å². The van der Waals surface area contributed by atoms with Crippen LogP contribution < -0.4 is 0 Å². The average molecular weight is 476 g/mol. The third kappa shape index (κ3) is 4.30. The average Bonchev–Trinajstić information content (AvgIpc) is 2.73. The van der Waals surface area contributed by atoms with Gasteiger partial charge < -0.3 is 0 Å². The van der Waals surface area contributed by atoms with Gasteiger partial charge >= 0.3 is 0 Å². The first-order chi connectivity index (χ1) is 14.1. The third-order valence-corrected chi connectivity index (χ3v) is 7.27. The van der Waals surface area contributed by atoms with E-state index in [1.165, 1.54) is 0 Å². The molecule has 0 radical (unpaired) electrons. The Hall–Kier alpha value is -1.61. The van der Waals surface area contributed by atoms with Gasteiger partial charge in [0.1, 0.15) is 0 Å². The zero-order chi connectivity index (χ0) is 20.4. The lowest BCUT2D eigenvalue weighted by Crippen LogP contribution is -1.87. The molecule has 0 spiro atoms. The molecule has 0 aliphatic rings. The molecule has 0 aliphatic carbocycles. The molecule has 0 amide bonds. The summed E-state index contributed by atoms with van der Waals surface area (Å²) in [6, 6.07) is 27.6. The van der Waals surface area contributed by atoms with E-state index in [1.54, 1.807) is 23.9 Å². The summed E-state index contributed by atoms with van der Waals surface area (Å²) < 4.78 is 0. The van der Waals surface area contributed by atoms with Crippen LogP contribution in [0.15, 0.2) is 94.7 Å². The van der Waals surface area contributed by atoms with E-state index in [0.717, 1.165) is 32.0 Å². The molecule has 4 aromatic rings. The zero-order valence-electron chi connectivity index (χ0n) is 15.0. The highest BCUT2D eigenvalue weighted by Gasteiger charge is 2.15. The molecule has 0 saturated carbocycles. The third-order valence-electron chi connectivity index (χ3n) is 4.48. The minimum absolute atomic E-state index is 0.537. The summed E-state index contributed by atoms with van der Waals surface area (Å²) in [6.45, 7) is 0. The minimum atomic E-state index is 0.537. The van der Waals surface area contributed by atoms with Crippen molar-refractivity contribution >= 4 is 58.2 Å². The Balaban J connectivity index is 1.82. The lowest BCUT2D eigenvalue weighted by molar-refractivity contribution is 1.39. The predicted molar refractivity (Wildman–Crippen MR) is 128 cm³/mol. The Labute approximate surface area is 194 Å². The predicted octanol–water partition coefficient (Wildman–Crippen LogP) is 9.79. The summed E-state index contributed by atoms with van der Waals surface area (Å²) >= 11 is 27.1. The zero-order valence-corrected chi connectivity index (χ0v) is 18.8. The van der Waals surface area contributed by atoms with E-state index in [9.17, 15) is 0 Å². The fourth-order valence-electron chi connectivity index (χ4n) is 3.10. The molecule has 5 heteroatoms. The fourth-order valence-corrected chi connectivity index (χ4v) is 5.01. The molecule has 0 fully saturated rings. The maximum Gasteiger partial charge on any atom is 0.0671 e. The Morgan fingerprint density at radius 1 is 0.414 bits per heavy atom. The van der Waals surface area contributed by atoms with Crippen molar-refractivity contribution in [3.63, 3.8) is 0 Å². The Morgan fingerprint density at radius 2 is 0.793 bits per heavy atom. The normalized spacial score (nSPS) is 10.9. The summed E-state index contributed by atoms with van der Waals surface area (Å²) in [4.78, 5) is 2.14. The number of hydrogen-bond acceptors (Lipinski definition) is 1. The molecule has 0 heterocycles. The van der Waals surface area contributed by atoms with Crippen molar-refractivity contribution in [1.82, 2.24) is 0 Å². The van der Waals surface area contributed by atoms with Gasteiger partial charge in [-0.05, 0) is 35.4 Å². The molecule has 0 bridgehead atoms. The lowest BCUT2D eigenvalue weighted by Gasteiger charge is -2.15. The van der Waals surface area contributed by atoms with Gasteiger partial charge in [0, 0.05) is 20.9 Å². The van der Waals surface area contributed by atoms with E-state index in [2.05, 4.69) is 24.3 Å². The second kappa shape index (κ2) is 9.04. The molecule has 0 aliphatic heterocycles. The van der Waals surface area contributed by atoms with Crippen LogP contribution >= 0.6 is 58.2 Å². The van der Waals surface area contributed by atoms with Crippen molar-refractivity contribution in [2.75, 3.05) is 0 Å². The SMILES string of the molecule is Clc1cccc(-c2ccccc2Sc2ccccc2-c2cccc(Cl)c2Cl)c1Cl. The summed E-state index contributed by atoms with van der Waals surface area (Å²) in [6.07, 6.45) is 0. The van der Waals surface area contributed by atoms with Crippen molar-refractivity contribution in [2.45, 2.75) is 9.79 Å². The molecule has 0 unspecified atom stereocenters. The second-order valence-corrected chi connectivity index (χ2v) is 8.95. The van der Waals surface area contributed by atoms with Gasteiger partial charge in [-0.2, -0.15) is 0 Å². The van der Waals surface area contributed by atoms with Gasteiger partial charge in [-0.15, -0.1) is 0 Å². The van der Waals surface area contributed by atoms with Crippen LogP contribution in [0.25, 0.3) is 22.3 Å². The molecule has 4 aromatic carbocycles. The van der Waals surface area contributed by atoms with E-state index < -0.39 is 0 Å². The number of halogens is 4. The van der Waals surface area contributed by atoms with Gasteiger partial charge in [0.05, 0.1) is 20.1 Å². The summed E-state index contributed by atoms with van der Waals surface area (Å²) in [5.74, 6) is 0. The van der Waals surface area contributed by atoms with Gasteiger partial charge in [0.15, 0.2) is 0 Å². The largest absolute Gasteiger partial charge is 0.0888 e. The van der Waals surface area contributed by atoms with E-state index in [1.807, 2.05) is 48.5 Å². The van der Waals surface area contributed by atoms with Crippen LogP contribution in [0.4, 0.5) is 0 Å². The summed E-state index contributed by atoms with van der Waals surface area (Å²) in [5, 5.41) is 2.17. The molecule has 144 valence electrons. The van der Waals surface area contributed by atoms with Gasteiger partial charge in [0.2, 0.25) is 0 Å². The number of rotatable bonds is 4. The smallest absolute Gasteiger partial charge is 0.0671 e. The van der Waals surface area contributed by atoms with Gasteiger partial charge in [-0.25, -0.2) is 0 Å². The van der Waals surface area contributed by atoms with Gasteiger partial charge in [-0.1, -0.05) is 119 Å². The number of hydrogen-bond donors (Lipinski definition) is 0. The van der Waals surface area contributed by atoms with Crippen LogP contribution in [-0.2, 0) is 0 Å². The van der Waals surface area contributed by atoms with E-state index in [0.29, 0.717) is 20.1 Å². The molecular weight excluding hydrogens is 462 g/mol. The first-order valence-electron chi connectivity index (χ1n) is 8.81. The maximum absolute atomic E-state index is 6.49. The first kappa shape index (κ1) is 20.7. The maximum atomic E-state index is 6.49. The Kier molecular flexibility index (Phi) is 6.44. The molecule has 0 atom stereocenters. The van der Waals surface area contributed by atoms with Crippen molar-refractivity contribution in [2.24, 2.45) is 0 Å². The Morgan fingerprint density at radius 3 is 1.24 bits per heavy atom. The van der Waals surface area contributed by atoms with Crippen LogP contribution in [0.3, 0.4) is 0 Å². The molecule has 0 nitrogen and oxygen atoms in total. The monoisotopic (exact) mass is 474 g/mol. The molecule has 29 heavy (non-hydrogen) atoms. The second-order valence-electron chi connectivity index (χ2n) is 6.30. The van der Waals surface area contributed by atoms with Crippen LogP contribution in [-0.4, -0.2) is 0 Å². The highest BCUT2D eigenvalue weighted by molar-refractivity contribution is 7.99. The lowest BCUT2D eigenvalue weighted by atomic mass is 10.1. The highest BCUT2D eigenvalue weighted by Crippen LogP contribution is 2.44. The molecular formula is C24H14Cl4S. The fraction of sp³-hybridized carbons (Fsp3) is 0. The van der Waals surface area contributed by atoms with Crippen LogP contribution in [0.5, 0.6) is 0 Å². The standard InChI is InChI=1S/C24H14Cl4S/c25-19-11-5-9-17(23(19)27)15-7-1-3-13-21(15)29-22-14-4-2-8-16(22)18-10-6-12-20(26)24(18)28/h1-14H. The minimum Gasteiger partial charge on any atom is -0.0888 e. The molecule has 0 aromatic heterocycles. The van der Waals surface area contributed by atoms with E-state index >= 15 is 0 Å². The highest BCUT2D eigenvalue weighted by atomic mass is 35.5. The van der Waals surface area contributed by atoms with Crippen molar-refractivity contribution in [1.29, 1.82) is 0 Å². The quantitative estimate of drug-likeness (QED) is 0.283. The summed E-state index contributed by atoms with van der Waals surface area (Å²) in [5.41, 5.74) is 3.86. The Bertz CT molecular complexity index is 1090. The summed E-state index contributed by atoms with van der Waals surface area (Å²) in [7, 11) is 0. The van der Waals surface area contributed by atoms with Crippen LogP contribution in [0.1, 0.15) is 0 Å². The molecule has 4 rings (SSSR count). The van der Waals surface area contributed by atoms with Crippen LogP contribution in [0, 0.1) is 0 Å². The molecule has 0 saturated heterocycles. The van der Waals surface area contributed by atoms with Crippen molar-refractivity contribution < 1.29 is 0 Å². The first-order valence-corrected chi connectivity index (χ1v) is 11.1. The van der Waals surface area contributed by atoms with Crippen LogP contribution in [0.2, 0.25) is 20.1 Å².